The van der Waals surface area contributed by atoms with E-state index in [1.807, 2.05) is 30.5 Å². The van der Waals surface area contributed by atoms with Gasteiger partial charge in [0.1, 0.15) is 0 Å². The number of carbonyl (C=O) groups excluding carboxylic acids is 1. The van der Waals surface area contributed by atoms with E-state index in [-0.39, 0.29) is 0 Å². The van der Waals surface area contributed by atoms with Crippen molar-refractivity contribution in [2.24, 2.45) is 0 Å². The second-order valence-corrected chi connectivity index (χ2v) is 6.51. The number of carbonyl (C=O) groups is 1. The highest BCUT2D eigenvalue weighted by Crippen LogP contribution is 2.27. The molecule has 2 aromatic carbocycles. The molecule has 2 heterocycles. The Kier molecular flexibility index (Phi) is 3.99. The Morgan fingerprint density at radius 2 is 1.64 bits per heavy atom. The molecule has 0 bridgehead atoms. The fourth-order valence-corrected chi connectivity index (χ4v) is 3.53. The van der Waals surface area contributed by atoms with E-state index in [1.54, 1.807) is 10.9 Å². The average molecular weight is 345 g/mol. The number of aromatic nitrogens is 3. The van der Waals surface area contributed by atoms with Crippen molar-refractivity contribution in [1.29, 1.82) is 0 Å². The van der Waals surface area contributed by atoms with Crippen LogP contribution in [0.5, 0.6) is 0 Å². The van der Waals surface area contributed by atoms with Gasteiger partial charge in [-0.1, -0.05) is 54.6 Å². The maximum atomic E-state index is 11.0. The van der Waals surface area contributed by atoms with E-state index in [2.05, 4.69) is 46.5 Å². The van der Waals surface area contributed by atoms with Gasteiger partial charge in [-0.25, -0.2) is 9.67 Å². The molecule has 0 saturated heterocycles. The minimum atomic E-state index is 0.587. The van der Waals surface area contributed by atoms with Crippen molar-refractivity contribution in [3.05, 3.63) is 77.4 Å². The highest BCUT2D eigenvalue weighted by Gasteiger charge is 2.12. The Hall–Kier alpha value is -3.05. The Morgan fingerprint density at radius 3 is 2.32 bits per heavy atom. The van der Waals surface area contributed by atoms with E-state index in [0.29, 0.717) is 5.56 Å². The van der Waals surface area contributed by atoms with Crippen LogP contribution in [0.2, 0.25) is 0 Å². The molecule has 4 aromatic rings. The molecule has 0 aliphatic carbocycles. The van der Waals surface area contributed by atoms with Gasteiger partial charge >= 0.3 is 0 Å². The van der Waals surface area contributed by atoms with Crippen molar-refractivity contribution >= 4 is 17.6 Å². The number of hydrogen-bond acceptors (Lipinski definition) is 4. The van der Waals surface area contributed by atoms with Crippen LogP contribution in [0.1, 0.15) is 16.1 Å². The zero-order valence-corrected chi connectivity index (χ0v) is 14.4. The number of thiazole rings is 1. The third-order valence-corrected chi connectivity index (χ3v) is 4.95. The lowest BCUT2D eigenvalue weighted by Crippen LogP contribution is -1.98. The van der Waals surface area contributed by atoms with Gasteiger partial charge < -0.3 is 0 Å². The summed E-state index contributed by atoms with van der Waals surface area (Å²) >= 11 is 1.51. The van der Waals surface area contributed by atoms with Gasteiger partial charge in [-0.05, 0) is 18.1 Å². The molecule has 0 N–H and O–H groups in total. The van der Waals surface area contributed by atoms with Gasteiger partial charge in [0.2, 0.25) is 5.13 Å². The third-order valence-electron chi connectivity index (χ3n) is 4.14. The molecule has 0 radical (unpaired) electrons. The first-order chi connectivity index (χ1) is 12.3. The van der Waals surface area contributed by atoms with Gasteiger partial charge in [-0.3, -0.25) is 4.79 Å². The first-order valence-electron chi connectivity index (χ1n) is 7.88. The van der Waals surface area contributed by atoms with Gasteiger partial charge in [0.15, 0.2) is 6.29 Å². The van der Waals surface area contributed by atoms with Crippen molar-refractivity contribution in [1.82, 2.24) is 14.8 Å². The lowest BCUT2D eigenvalue weighted by molar-refractivity contribution is 0.112. The molecule has 0 fully saturated rings. The van der Waals surface area contributed by atoms with Gasteiger partial charge in [0.25, 0.3) is 0 Å². The molecule has 4 nitrogen and oxygen atoms in total. The first kappa shape index (κ1) is 15.5. The van der Waals surface area contributed by atoms with Crippen molar-refractivity contribution in [2.75, 3.05) is 0 Å². The smallest absolute Gasteiger partial charge is 0.211 e. The molecule has 2 aromatic heterocycles. The quantitative estimate of drug-likeness (QED) is 0.500. The molecule has 5 heteroatoms. The molecule has 122 valence electrons. The second kappa shape index (κ2) is 6.45. The summed E-state index contributed by atoms with van der Waals surface area (Å²) in [4.78, 5) is 15.6. The average Bonchev–Trinajstić information content (AvgIpc) is 3.29. The van der Waals surface area contributed by atoms with Crippen LogP contribution in [-0.4, -0.2) is 21.1 Å². The molecular weight excluding hydrogens is 330 g/mol. The standard InChI is InChI=1S/C20H15N3OS/c1-14-18(12-24)11-21-23(14)20-22-19(13-25-20)17-9-7-16(8-10-17)15-5-3-2-4-6-15/h2-13H,1H3. The fourth-order valence-electron chi connectivity index (χ4n) is 2.69. The first-order valence-corrected chi connectivity index (χ1v) is 8.76. The van der Waals surface area contributed by atoms with E-state index >= 15 is 0 Å². The molecule has 0 aliphatic rings. The number of rotatable bonds is 4. The van der Waals surface area contributed by atoms with Crippen LogP contribution in [0.25, 0.3) is 27.5 Å². The fraction of sp³-hybridized carbons (Fsp3) is 0.0500. The molecule has 0 spiro atoms. The minimum absolute atomic E-state index is 0.587. The summed E-state index contributed by atoms with van der Waals surface area (Å²) in [5.41, 5.74) is 5.73. The van der Waals surface area contributed by atoms with E-state index in [4.69, 9.17) is 0 Å². The number of nitrogens with zero attached hydrogens (tertiary/aromatic N) is 3. The van der Waals surface area contributed by atoms with Crippen LogP contribution in [0, 0.1) is 6.92 Å². The largest absolute Gasteiger partial charge is 0.298 e. The molecule has 0 amide bonds. The van der Waals surface area contributed by atoms with Gasteiger partial charge in [0, 0.05) is 10.9 Å². The van der Waals surface area contributed by atoms with Crippen molar-refractivity contribution in [2.45, 2.75) is 6.92 Å². The zero-order chi connectivity index (χ0) is 17.2. The monoisotopic (exact) mass is 345 g/mol. The van der Waals surface area contributed by atoms with Gasteiger partial charge in [-0.2, -0.15) is 5.10 Å². The van der Waals surface area contributed by atoms with E-state index in [9.17, 15) is 4.79 Å². The Morgan fingerprint density at radius 1 is 0.960 bits per heavy atom. The third kappa shape index (κ3) is 2.90. The summed E-state index contributed by atoms with van der Waals surface area (Å²) in [5, 5.41) is 7.02. The van der Waals surface area contributed by atoms with Crippen LogP contribution in [0.4, 0.5) is 0 Å². The van der Waals surface area contributed by atoms with Gasteiger partial charge in [-0.15, -0.1) is 11.3 Å². The van der Waals surface area contributed by atoms with Crippen LogP contribution in [-0.2, 0) is 0 Å². The van der Waals surface area contributed by atoms with Crippen molar-refractivity contribution in [3.63, 3.8) is 0 Å². The van der Waals surface area contributed by atoms with Crippen molar-refractivity contribution < 1.29 is 4.79 Å². The molecule has 25 heavy (non-hydrogen) atoms. The zero-order valence-electron chi connectivity index (χ0n) is 13.6. The maximum Gasteiger partial charge on any atom is 0.211 e. The molecular formula is C20H15N3OS. The number of benzene rings is 2. The summed E-state index contributed by atoms with van der Waals surface area (Å²) < 4.78 is 1.70. The highest BCUT2D eigenvalue weighted by molar-refractivity contribution is 7.12. The van der Waals surface area contributed by atoms with E-state index in [1.165, 1.54) is 22.5 Å². The Bertz CT molecular complexity index is 1020. The molecule has 4 rings (SSSR count). The molecule has 0 unspecified atom stereocenters. The van der Waals surface area contributed by atoms with E-state index < -0.39 is 0 Å². The minimum Gasteiger partial charge on any atom is -0.298 e. The summed E-state index contributed by atoms with van der Waals surface area (Å²) in [6.45, 7) is 1.87. The number of aldehydes is 1. The van der Waals surface area contributed by atoms with E-state index in [0.717, 1.165) is 28.4 Å². The Balaban J connectivity index is 1.64. The van der Waals surface area contributed by atoms with Crippen LogP contribution >= 0.6 is 11.3 Å². The van der Waals surface area contributed by atoms with Gasteiger partial charge in [0.05, 0.1) is 23.1 Å². The SMILES string of the molecule is Cc1c(C=O)cnn1-c1nc(-c2ccc(-c3ccccc3)cc2)cs1. The lowest BCUT2D eigenvalue weighted by atomic mass is 10.0. The summed E-state index contributed by atoms with van der Waals surface area (Å²) in [6, 6.07) is 18.7. The van der Waals surface area contributed by atoms with Crippen LogP contribution in [0.3, 0.4) is 0 Å². The summed E-state index contributed by atoms with van der Waals surface area (Å²) in [5.74, 6) is 0. The maximum absolute atomic E-state index is 11.0. The summed E-state index contributed by atoms with van der Waals surface area (Å²) in [7, 11) is 0. The molecule has 0 atom stereocenters. The van der Waals surface area contributed by atoms with Crippen LogP contribution in [0.15, 0.2) is 66.2 Å². The summed E-state index contributed by atoms with van der Waals surface area (Å²) in [6.07, 6.45) is 2.38. The predicted octanol–water partition coefficient (Wildman–Crippen LogP) is 4.78. The topological polar surface area (TPSA) is 47.8 Å². The normalized spacial score (nSPS) is 10.8. The molecule has 0 aliphatic heterocycles. The van der Waals surface area contributed by atoms with Crippen LogP contribution < -0.4 is 0 Å². The number of hydrogen-bond donors (Lipinski definition) is 0. The highest BCUT2D eigenvalue weighted by atomic mass is 32.1. The molecule has 0 saturated carbocycles. The Labute approximate surface area is 149 Å². The lowest BCUT2D eigenvalue weighted by Gasteiger charge is -2.03. The van der Waals surface area contributed by atoms with Crippen molar-refractivity contribution in [3.8, 4) is 27.5 Å². The second-order valence-electron chi connectivity index (χ2n) is 5.67. The predicted molar refractivity (Wildman–Crippen MR) is 100 cm³/mol.